The Balaban J connectivity index is 1.95. The van der Waals surface area contributed by atoms with Crippen LogP contribution in [0.15, 0.2) is 59.2 Å². The molecule has 0 bridgehead atoms. The summed E-state index contributed by atoms with van der Waals surface area (Å²) in [5, 5.41) is 15.0. The molecule has 0 unspecified atom stereocenters. The third-order valence-corrected chi connectivity index (χ3v) is 3.91. The Bertz CT molecular complexity index is 917. The molecular formula is C20H18N2O4. The first-order valence-electron chi connectivity index (χ1n) is 8.18. The Morgan fingerprint density at radius 1 is 1.23 bits per heavy atom. The average Bonchev–Trinajstić information content (AvgIpc) is 2.92. The second kappa shape index (κ2) is 7.23. The highest BCUT2D eigenvalue weighted by Crippen LogP contribution is 2.26. The quantitative estimate of drug-likeness (QED) is 0.836. The Kier molecular flexibility index (Phi) is 4.84. The van der Waals surface area contributed by atoms with Gasteiger partial charge in [0.1, 0.15) is 11.3 Å². The van der Waals surface area contributed by atoms with Crippen molar-refractivity contribution >= 4 is 29.4 Å². The first kappa shape index (κ1) is 17.4. The highest BCUT2D eigenvalue weighted by atomic mass is 16.5. The van der Waals surface area contributed by atoms with Gasteiger partial charge in [0.2, 0.25) is 0 Å². The fraction of sp³-hybridized carbons (Fsp3) is 0.150. The van der Waals surface area contributed by atoms with Crippen LogP contribution in [0.3, 0.4) is 0 Å². The van der Waals surface area contributed by atoms with E-state index in [1.807, 2.05) is 18.2 Å². The molecule has 26 heavy (non-hydrogen) atoms. The van der Waals surface area contributed by atoms with Gasteiger partial charge in [0.05, 0.1) is 23.6 Å². The SMILES string of the molecule is CCOc1ccc(/C=C2/C(=O)N(c3ccccc3)N=C2C)cc1C(=O)O. The number of para-hydroxylation sites is 1. The molecule has 0 aromatic heterocycles. The fourth-order valence-electron chi connectivity index (χ4n) is 2.68. The number of carbonyl (C=O) groups is 2. The summed E-state index contributed by atoms with van der Waals surface area (Å²) in [4.78, 5) is 24.2. The summed E-state index contributed by atoms with van der Waals surface area (Å²) in [7, 11) is 0. The Morgan fingerprint density at radius 3 is 2.62 bits per heavy atom. The van der Waals surface area contributed by atoms with Gasteiger partial charge >= 0.3 is 5.97 Å². The maximum absolute atomic E-state index is 12.7. The van der Waals surface area contributed by atoms with E-state index in [0.29, 0.717) is 34.9 Å². The summed E-state index contributed by atoms with van der Waals surface area (Å²) in [6.07, 6.45) is 1.65. The monoisotopic (exact) mass is 350 g/mol. The molecule has 2 aromatic carbocycles. The smallest absolute Gasteiger partial charge is 0.339 e. The van der Waals surface area contributed by atoms with Gasteiger partial charge in [0, 0.05) is 0 Å². The second-order valence-corrected chi connectivity index (χ2v) is 5.69. The summed E-state index contributed by atoms with van der Waals surface area (Å²) in [6, 6.07) is 13.9. The number of anilines is 1. The van der Waals surface area contributed by atoms with Crippen LogP contribution in [-0.2, 0) is 4.79 Å². The number of aromatic carboxylic acids is 1. The lowest BCUT2D eigenvalue weighted by atomic mass is 10.0. The van der Waals surface area contributed by atoms with Gasteiger partial charge in [0.25, 0.3) is 5.91 Å². The second-order valence-electron chi connectivity index (χ2n) is 5.69. The molecule has 132 valence electrons. The lowest BCUT2D eigenvalue weighted by Gasteiger charge is -2.11. The molecule has 1 aliphatic rings. The van der Waals surface area contributed by atoms with Crippen LogP contribution in [0.4, 0.5) is 5.69 Å². The van der Waals surface area contributed by atoms with Crippen molar-refractivity contribution in [3.8, 4) is 5.75 Å². The number of nitrogens with zero attached hydrogens (tertiary/aromatic N) is 2. The predicted molar refractivity (Wildman–Crippen MR) is 99.6 cm³/mol. The maximum atomic E-state index is 12.7. The van der Waals surface area contributed by atoms with Gasteiger partial charge in [-0.05, 0) is 49.8 Å². The van der Waals surface area contributed by atoms with E-state index in [1.54, 1.807) is 44.2 Å². The lowest BCUT2D eigenvalue weighted by Crippen LogP contribution is -2.21. The number of carboxylic acids is 1. The van der Waals surface area contributed by atoms with Crippen molar-refractivity contribution in [2.45, 2.75) is 13.8 Å². The van der Waals surface area contributed by atoms with Crippen molar-refractivity contribution < 1.29 is 19.4 Å². The summed E-state index contributed by atoms with van der Waals surface area (Å²) in [6.45, 7) is 3.91. The van der Waals surface area contributed by atoms with E-state index in [2.05, 4.69) is 5.10 Å². The molecular weight excluding hydrogens is 332 g/mol. The number of hydrogen-bond acceptors (Lipinski definition) is 4. The largest absolute Gasteiger partial charge is 0.493 e. The Labute approximate surface area is 151 Å². The molecule has 0 saturated heterocycles. The molecule has 6 nitrogen and oxygen atoms in total. The number of amides is 1. The van der Waals surface area contributed by atoms with Gasteiger partial charge in [-0.25, -0.2) is 4.79 Å². The zero-order valence-corrected chi connectivity index (χ0v) is 14.5. The van der Waals surface area contributed by atoms with Gasteiger partial charge in [-0.15, -0.1) is 0 Å². The van der Waals surface area contributed by atoms with Crippen LogP contribution in [0.2, 0.25) is 0 Å². The van der Waals surface area contributed by atoms with E-state index in [0.717, 1.165) is 0 Å². The molecule has 0 radical (unpaired) electrons. The number of carboxylic acid groups (broad SMARTS) is 1. The minimum atomic E-state index is -1.08. The van der Waals surface area contributed by atoms with E-state index < -0.39 is 5.97 Å². The van der Waals surface area contributed by atoms with E-state index in [4.69, 9.17) is 4.74 Å². The van der Waals surface area contributed by atoms with E-state index in [9.17, 15) is 14.7 Å². The van der Waals surface area contributed by atoms with Crippen LogP contribution in [0, 0.1) is 0 Å². The molecule has 0 aliphatic carbocycles. The van der Waals surface area contributed by atoms with Crippen LogP contribution in [0.1, 0.15) is 29.8 Å². The molecule has 0 atom stereocenters. The van der Waals surface area contributed by atoms with Crippen LogP contribution in [0.25, 0.3) is 6.08 Å². The normalized spacial score (nSPS) is 15.3. The molecule has 0 spiro atoms. The molecule has 0 fully saturated rings. The summed E-state index contributed by atoms with van der Waals surface area (Å²) in [5.41, 5.74) is 2.33. The maximum Gasteiger partial charge on any atom is 0.339 e. The average molecular weight is 350 g/mol. The topological polar surface area (TPSA) is 79.2 Å². The third kappa shape index (κ3) is 3.35. The first-order chi connectivity index (χ1) is 12.5. The summed E-state index contributed by atoms with van der Waals surface area (Å²) < 4.78 is 5.34. The number of benzene rings is 2. The molecule has 0 saturated carbocycles. The van der Waals surface area contributed by atoms with E-state index in [-0.39, 0.29) is 11.5 Å². The van der Waals surface area contributed by atoms with Crippen molar-refractivity contribution in [3.63, 3.8) is 0 Å². The lowest BCUT2D eigenvalue weighted by molar-refractivity contribution is -0.114. The van der Waals surface area contributed by atoms with Gasteiger partial charge in [-0.3, -0.25) is 4.79 Å². The van der Waals surface area contributed by atoms with Crippen molar-refractivity contribution in [2.75, 3.05) is 11.6 Å². The molecule has 1 aliphatic heterocycles. The summed E-state index contributed by atoms with van der Waals surface area (Å²) in [5.74, 6) is -1.03. The minimum absolute atomic E-state index is 0.0566. The number of hydrazone groups is 1. The molecule has 3 rings (SSSR count). The number of carbonyl (C=O) groups excluding carboxylic acids is 1. The first-order valence-corrected chi connectivity index (χ1v) is 8.18. The minimum Gasteiger partial charge on any atom is -0.493 e. The van der Waals surface area contributed by atoms with Crippen molar-refractivity contribution in [1.29, 1.82) is 0 Å². The van der Waals surface area contributed by atoms with Gasteiger partial charge in [-0.1, -0.05) is 24.3 Å². The number of ether oxygens (including phenoxy) is 1. The fourth-order valence-corrected chi connectivity index (χ4v) is 2.68. The molecule has 1 amide bonds. The Morgan fingerprint density at radius 2 is 1.96 bits per heavy atom. The van der Waals surface area contributed by atoms with Gasteiger partial charge < -0.3 is 9.84 Å². The standard InChI is InChI=1S/C20H18N2O4/c1-3-26-18-10-9-14(12-17(18)20(24)25)11-16-13(2)21-22(19(16)23)15-7-5-4-6-8-15/h4-12H,3H2,1-2H3,(H,24,25)/b16-11+. The van der Waals surface area contributed by atoms with E-state index in [1.165, 1.54) is 11.1 Å². The van der Waals surface area contributed by atoms with Crippen molar-refractivity contribution in [2.24, 2.45) is 5.10 Å². The molecule has 2 aromatic rings. The highest BCUT2D eigenvalue weighted by Gasteiger charge is 2.28. The van der Waals surface area contributed by atoms with Crippen LogP contribution in [-0.4, -0.2) is 29.3 Å². The van der Waals surface area contributed by atoms with Crippen molar-refractivity contribution in [3.05, 3.63) is 65.2 Å². The zero-order valence-electron chi connectivity index (χ0n) is 14.5. The van der Waals surface area contributed by atoms with Crippen molar-refractivity contribution in [1.82, 2.24) is 0 Å². The van der Waals surface area contributed by atoms with Gasteiger partial charge in [0.15, 0.2) is 0 Å². The van der Waals surface area contributed by atoms with E-state index >= 15 is 0 Å². The Hall–Kier alpha value is -3.41. The number of hydrogen-bond donors (Lipinski definition) is 1. The highest BCUT2D eigenvalue weighted by molar-refractivity contribution is 6.32. The van der Waals surface area contributed by atoms with Crippen LogP contribution < -0.4 is 9.75 Å². The third-order valence-electron chi connectivity index (χ3n) is 3.91. The molecule has 1 N–H and O–H groups in total. The van der Waals surface area contributed by atoms with Crippen LogP contribution in [0.5, 0.6) is 5.75 Å². The summed E-state index contributed by atoms with van der Waals surface area (Å²) >= 11 is 0. The zero-order chi connectivity index (χ0) is 18.7. The number of rotatable bonds is 5. The molecule has 1 heterocycles. The van der Waals surface area contributed by atoms with Crippen LogP contribution >= 0.6 is 0 Å². The molecule has 6 heteroatoms. The van der Waals surface area contributed by atoms with Gasteiger partial charge in [-0.2, -0.15) is 10.1 Å². The predicted octanol–water partition coefficient (Wildman–Crippen LogP) is 3.59.